The third-order valence-electron chi connectivity index (χ3n) is 6.10. The fraction of sp³-hybridized carbons (Fsp3) is 0.138. The van der Waals surface area contributed by atoms with E-state index in [1.807, 2.05) is 74.5 Å². The van der Waals surface area contributed by atoms with Gasteiger partial charge < -0.3 is 9.47 Å². The van der Waals surface area contributed by atoms with E-state index in [4.69, 9.17) is 9.47 Å². The van der Waals surface area contributed by atoms with Crippen molar-refractivity contribution in [2.75, 3.05) is 6.61 Å². The molecule has 0 unspecified atom stereocenters. The average molecular weight is 421 g/mol. The van der Waals surface area contributed by atoms with Gasteiger partial charge in [-0.05, 0) is 36.9 Å². The summed E-state index contributed by atoms with van der Waals surface area (Å²) in [6.45, 7) is 4.12. The highest BCUT2D eigenvalue weighted by Crippen LogP contribution is 2.47. The molecule has 0 amide bonds. The Labute approximate surface area is 187 Å². The Morgan fingerprint density at radius 3 is 2.00 bits per heavy atom. The zero-order valence-electron chi connectivity index (χ0n) is 18.2. The maximum Gasteiger partial charge on any atom is 0.339 e. The van der Waals surface area contributed by atoms with Crippen molar-refractivity contribution < 1.29 is 14.3 Å². The lowest BCUT2D eigenvalue weighted by Gasteiger charge is -2.37. The molecular formula is C29H24O3. The fourth-order valence-electron chi connectivity index (χ4n) is 4.58. The third-order valence-corrected chi connectivity index (χ3v) is 6.10. The lowest BCUT2D eigenvalue weighted by molar-refractivity contribution is 0.0524. The number of esters is 1. The maximum atomic E-state index is 13.0. The Morgan fingerprint density at radius 2 is 1.41 bits per heavy atom. The highest BCUT2D eigenvalue weighted by Gasteiger charge is 2.39. The van der Waals surface area contributed by atoms with Crippen molar-refractivity contribution in [1.82, 2.24) is 0 Å². The van der Waals surface area contributed by atoms with Crippen molar-refractivity contribution in [2.45, 2.75) is 19.4 Å². The van der Waals surface area contributed by atoms with Crippen LogP contribution >= 0.6 is 0 Å². The number of fused-ring (bicyclic) bond motifs is 3. The van der Waals surface area contributed by atoms with Gasteiger partial charge in [0, 0.05) is 22.1 Å². The Hall–Kier alpha value is -3.85. The molecule has 0 atom stereocenters. The standard InChI is InChI=1S/C29H24O3/c1-3-31-28(30)26-20(2)23-16-10-11-17-24(23)27-25(26)18-19-29(32-27,21-12-6-4-7-13-21)22-14-8-5-9-15-22/h4-19H,3H2,1-2H3. The van der Waals surface area contributed by atoms with Crippen molar-refractivity contribution in [3.05, 3.63) is 119 Å². The quantitative estimate of drug-likeness (QED) is 0.346. The first kappa shape index (κ1) is 20.1. The maximum absolute atomic E-state index is 13.0. The van der Waals surface area contributed by atoms with Crippen LogP contribution in [-0.2, 0) is 10.3 Å². The highest BCUT2D eigenvalue weighted by molar-refractivity contribution is 6.06. The van der Waals surface area contributed by atoms with E-state index < -0.39 is 5.60 Å². The van der Waals surface area contributed by atoms with Crippen LogP contribution in [0, 0.1) is 6.92 Å². The number of carbonyl (C=O) groups is 1. The van der Waals surface area contributed by atoms with Crippen LogP contribution in [-0.4, -0.2) is 12.6 Å². The molecule has 5 rings (SSSR count). The second kappa shape index (κ2) is 8.01. The Balaban J connectivity index is 1.82. The van der Waals surface area contributed by atoms with Crippen molar-refractivity contribution in [2.24, 2.45) is 0 Å². The predicted molar refractivity (Wildman–Crippen MR) is 128 cm³/mol. The van der Waals surface area contributed by atoms with Crippen LogP contribution in [0.25, 0.3) is 16.8 Å². The Kier molecular flexibility index (Phi) is 5.02. The number of carbonyl (C=O) groups excluding carboxylic acids is 1. The van der Waals surface area contributed by atoms with E-state index in [9.17, 15) is 4.79 Å². The van der Waals surface area contributed by atoms with Crippen LogP contribution in [0.4, 0.5) is 0 Å². The van der Waals surface area contributed by atoms with Crippen molar-refractivity contribution >= 4 is 22.8 Å². The molecule has 3 heteroatoms. The van der Waals surface area contributed by atoms with Crippen LogP contribution in [0.2, 0.25) is 0 Å². The van der Waals surface area contributed by atoms with Crippen LogP contribution in [0.1, 0.15) is 39.5 Å². The summed E-state index contributed by atoms with van der Waals surface area (Å²) in [5, 5.41) is 1.97. The predicted octanol–water partition coefficient (Wildman–Crippen LogP) is 6.67. The molecule has 0 bridgehead atoms. The zero-order valence-corrected chi connectivity index (χ0v) is 18.2. The smallest absolute Gasteiger partial charge is 0.339 e. The van der Waals surface area contributed by atoms with E-state index in [0.29, 0.717) is 17.9 Å². The lowest BCUT2D eigenvalue weighted by atomic mass is 9.82. The fourth-order valence-corrected chi connectivity index (χ4v) is 4.58. The van der Waals surface area contributed by atoms with E-state index in [1.54, 1.807) is 0 Å². The average Bonchev–Trinajstić information content (AvgIpc) is 2.85. The molecule has 1 aliphatic heterocycles. The minimum Gasteiger partial charge on any atom is -0.472 e. The van der Waals surface area contributed by atoms with Gasteiger partial charge in [0.05, 0.1) is 12.2 Å². The summed E-state index contributed by atoms with van der Waals surface area (Å²) in [5.41, 5.74) is 3.47. The minimum atomic E-state index is -0.806. The topological polar surface area (TPSA) is 35.5 Å². The molecule has 3 nitrogen and oxygen atoms in total. The molecule has 0 fully saturated rings. The van der Waals surface area contributed by atoms with Gasteiger partial charge in [0.1, 0.15) is 5.75 Å². The minimum absolute atomic E-state index is 0.322. The Morgan fingerprint density at radius 1 is 0.844 bits per heavy atom. The molecular weight excluding hydrogens is 396 g/mol. The molecule has 158 valence electrons. The summed E-state index contributed by atoms with van der Waals surface area (Å²) in [6.07, 6.45) is 4.07. The van der Waals surface area contributed by atoms with E-state index in [0.717, 1.165) is 33.0 Å². The summed E-state index contributed by atoms with van der Waals surface area (Å²) >= 11 is 0. The Bertz CT molecular complexity index is 1280. The molecule has 0 saturated heterocycles. The molecule has 0 aliphatic carbocycles. The highest BCUT2D eigenvalue weighted by atomic mass is 16.5. The monoisotopic (exact) mass is 420 g/mol. The molecule has 4 aromatic carbocycles. The SMILES string of the molecule is CCOC(=O)c1c2c(c3ccccc3c1C)OC(c1ccccc1)(c1ccccc1)C=C2. The van der Waals surface area contributed by atoms with Crippen molar-refractivity contribution in [3.63, 3.8) is 0 Å². The molecule has 0 aromatic heterocycles. The van der Waals surface area contributed by atoms with Crippen molar-refractivity contribution in [1.29, 1.82) is 0 Å². The van der Waals surface area contributed by atoms with Crippen LogP contribution in [0.3, 0.4) is 0 Å². The van der Waals surface area contributed by atoms with Crippen LogP contribution in [0.15, 0.2) is 91.0 Å². The van der Waals surface area contributed by atoms with E-state index in [-0.39, 0.29) is 5.97 Å². The van der Waals surface area contributed by atoms with E-state index in [1.165, 1.54) is 0 Å². The zero-order chi connectivity index (χ0) is 22.1. The molecule has 4 aromatic rings. The van der Waals surface area contributed by atoms with Gasteiger partial charge in [-0.3, -0.25) is 0 Å². The third kappa shape index (κ3) is 3.09. The number of aryl methyl sites for hydroxylation is 1. The summed E-state index contributed by atoms with van der Waals surface area (Å²) < 4.78 is 12.4. The van der Waals surface area contributed by atoms with Gasteiger partial charge in [-0.2, -0.15) is 0 Å². The largest absolute Gasteiger partial charge is 0.472 e. The van der Waals surface area contributed by atoms with E-state index >= 15 is 0 Å². The molecule has 1 heterocycles. The molecule has 0 radical (unpaired) electrons. The number of hydrogen-bond acceptors (Lipinski definition) is 3. The normalized spacial score (nSPS) is 13.9. The number of hydrogen-bond donors (Lipinski definition) is 0. The van der Waals surface area contributed by atoms with Gasteiger partial charge in [-0.1, -0.05) is 84.9 Å². The molecule has 0 saturated carbocycles. The number of ether oxygens (including phenoxy) is 2. The number of benzene rings is 4. The number of rotatable bonds is 4. The second-order valence-electron chi connectivity index (χ2n) is 7.91. The summed E-state index contributed by atoms with van der Waals surface area (Å²) in [6, 6.07) is 28.4. The van der Waals surface area contributed by atoms with Gasteiger partial charge in [0.25, 0.3) is 0 Å². The first-order chi connectivity index (χ1) is 15.7. The lowest BCUT2D eigenvalue weighted by Crippen LogP contribution is -2.34. The van der Waals surface area contributed by atoms with Gasteiger partial charge in [-0.25, -0.2) is 4.79 Å². The van der Waals surface area contributed by atoms with Crippen LogP contribution < -0.4 is 4.74 Å². The van der Waals surface area contributed by atoms with Gasteiger partial charge in [0.2, 0.25) is 0 Å². The van der Waals surface area contributed by atoms with Crippen molar-refractivity contribution in [3.8, 4) is 5.75 Å². The van der Waals surface area contributed by atoms with E-state index in [2.05, 4.69) is 36.4 Å². The molecule has 0 N–H and O–H groups in total. The first-order valence-electron chi connectivity index (χ1n) is 10.9. The molecule has 0 spiro atoms. The summed E-state index contributed by atoms with van der Waals surface area (Å²) in [7, 11) is 0. The molecule has 32 heavy (non-hydrogen) atoms. The van der Waals surface area contributed by atoms with Gasteiger partial charge >= 0.3 is 5.97 Å². The second-order valence-corrected chi connectivity index (χ2v) is 7.91. The first-order valence-corrected chi connectivity index (χ1v) is 10.9. The summed E-state index contributed by atoms with van der Waals surface area (Å²) in [4.78, 5) is 13.0. The van der Waals surface area contributed by atoms with Crippen LogP contribution in [0.5, 0.6) is 5.75 Å². The van der Waals surface area contributed by atoms with Gasteiger partial charge in [-0.15, -0.1) is 0 Å². The summed E-state index contributed by atoms with van der Waals surface area (Å²) in [5.74, 6) is 0.372. The molecule has 1 aliphatic rings. The van der Waals surface area contributed by atoms with Gasteiger partial charge in [0.15, 0.2) is 5.60 Å².